The van der Waals surface area contributed by atoms with Gasteiger partial charge in [-0.15, -0.1) is 13.2 Å². The first-order valence-corrected chi connectivity index (χ1v) is 13.1. The van der Waals surface area contributed by atoms with Crippen molar-refractivity contribution in [3.05, 3.63) is 90.6 Å². The van der Waals surface area contributed by atoms with Crippen LogP contribution in [0.5, 0.6) is 5.75 Å². The number of nitrogens with two attached hydrogens (primary N) is 1. The maximum Gasteiger partial charge on any atom is 0.573 e. The molecule has 40 heavy (non-hydrogen) atoms. The summed E-state index contributed by atoms with van der Waals surface area (Å²) in [5, 5.41) is 10.8. The van der Waals surface area contributed by atoms with Gasteiger partial charge in [0.25, 0.3) is 0 Å². The quantitative estimate of drug-likeness (QED) is 0.262. The smallest absolute Gasteiger partial charge is 0.406 e. The predicted molar refractivity (Wildman–Crippen MR) is 143 cm³/mol. The van der Waals surface area contributed by atoms with Crippen LogP contribution in [0.15, 0.2) is 90.0 Å². The summed E-state index contributed by atoms with van der Waals surface area (Å²) in [7, 11) is -2.07. The highest BCUT2D eigenvalue weighted by Gasteiger charge is 2.31. The Bertz CT molecular complexity index is 1600. The van der Waals surface area contributed by atoms with Crippen molar-refractivity contribution in [2.75, 3.05) is 22.6 Å². The minimum absolute atomic E-state index is 0.0456. The first kappa shape index (κ1) is 28.3. The number of ether oxygens (including phenoxy) is 1. The van der Waals surface area contributed by atoms with Gasteiger partial charge in [-0.3, -0.25) is 4.79 Å². The number of hydrogen-bond donors (Lipinski definition) is 3. The number of carbonyl (C=O) groups excluding carboxylic acids is 1. The number of rotatable bonds is 9. The van der Waals surface area contributed by atoms with Crippen LogP contribution in [-0.2, 0) is 21.2 Å². The Kier molecular flexibility index (Phi) is 8.21. The fourth-order valence-corrected chi connectivity index (χ4v) is 4.14. The molecule has 0 aliphatic heterocycles. The van der Waals surface area contributed by atoms with Crippen LogP contribution in [0.4, 0.5) is 42.0 Å². The van der Waals surface area contributed by atoms with E-state index in [2.05, 4.69) is 25.3 Å². The molecule has 208 valence electrons. The summed E-state index contributed by atoms with van der Waals surface area (Å²) in [6.07, 6.45) is -3.20. The van der Waals surface area contributed by atoms with Crippen molar-refractivity contribution in [3.8, 4) is 5.75 Å². The molecule has 1 amide bonds. The number of anilines is 5. The van der Waals surface area contributed by atoms with E-state index < -0.39 is 16.4 Å². The molecule has 1 aromatic heterocycles. The molecule has 0 saturated carbocycles. The van der Waals surface area contributed by atoms with Gasteiger partial charge in [-0.2, -0.15) is 4.98 Å². The van der Waals surface area contributed by atoms with E-state index in [9.17, 15) is 26.4 Å². The molecule has 4 rings (SSSR count). The standard InChI is InChI=1S/C26H23F3N6O4S/c1-35(23-13-14-31-25(34-23)33-19-3-2-4-22(16-19)40(30,37)38)20-9-5-17(6-10-20)15-24(36)32-18-7-11-21(12-8-18)39-26(27,28)29/h2-14,16H,15H2,1H3,(H,32,36)(H2,30,37,38)(H,31,33,34). The number of sulfonamides is 1. The highest BCUT2D eigenvalue weighted by atomic mass is 32.2. The highest BCUT2D eigenvalue weighted by Crippen LogP contribution is 2.26. The van der Waals surface area contributed by atoms with Crippen LogP contribution >= 0.6 is 0 Å². The Morgan fingerprint density at radius 1 is 1.00 bits per heavy atom. The maximum atomic E-state index is 12.4. The number of aromatic nitrogens is 2. The van der Waals surface area contributed by atoms with Gasteiger partial charge in [-0.05, 0) is 66.2 Å². The molecule has 0 spiro atoms. The van der Waals surface area contributed by atoms with Crippen molar-refractivity contribution < 1.29 is 31.1 Å². The van der Waals surface area contributed by atoms with E-state index in [-0.39, 0.29) is 28.9 Å². The van der Waals surface area contributed by atoms with Gasteiger partial charge < -0.3 is 20.3 Å². The van der Waals surface area contributed by atoms with E-state index in [4.69, 9.17) is 5.14 Å². The summed E-state index contributed by atoms with van der Waals surface area (Å²) in [6, 6.07) is 19.7. The molecular weight excluding hydrogens is 549 g/mol. The number of amides is 1. The zero-order valence-corrected chi connectivity index (χ0v) is 21.7. The lowest BCUT2D eigenvalue weighted by Crippen LogP contribution is -2.17. The Balaban J connectivity index is 1.37. The predicted octanol–water partition coefficient (Wildman–Crippen LogP) is 4.72. The number of nitrogens with zero attached hydrogens (tertiary/aromatic N) is 3. The first-order chi connectivity index (χ1) is 18.9. The van der Waals surface area contributed by atoms with E-state index in [1.165, 1.54) is 24.3 Å². The van der Waals surface area contributed by atoms with Gasteiger partial charge >= 0.3 is 6.36 Å². The lowest BCUT2D eigenvalue weighted by molar-refractivity contribution is -0.274. The number of benzene rings is 3. The first-order valence-electron chi connectivity index (χ1n) is 11.6. The number of nitrogens with one attached hydrogen (secondary N) is 2. The molecule has 0 radical (unpaired) electrons. The van der Waals surface area contributed by atoms with Gasteiger partial charge in [0.15, 0.2) is 0 Å². The second-order valence-electron chi connectivity index (χ2n) is 8.46. The SMILES string of the molecule is CN(c1ccc(CC(=O)Nc2ccc(OC(F)(F)F)cc2)cc1)c1ccnc(Nc2cccc(S(N)(=O)=O)c2)n1. The van der Waals surface area contributed by atoms with Crippen molar-refractivity contribution >= 4 is 44.8 Å². The second kappa shape index (κ2) is 11.6. The molecule has 0 atom stereocenters. The van der Waals surface area contributed by atoms with Gasteiger partial charge in [0, 0.05) is 30.3 Å². The number of hydrogen-bond acceptors (Lipinski definition) is 8. The van der Waals surface area contributed by atoms with Crippen molar-refractivity contribution in [1.82, 2.24) is 9.97 Å². The fourth-order valence-electron chi connectivity index (χ4n) is 3.58. The van der Waals surface area contributed by atoms with Crippen LogP contribution in [0.25, 0.3) is 0 Å². The topological polar surface area (TPSA) is 140 Å². The van der Waals surface area contributed by atoms with Crippen molar-refractivity contribution in [1.29, 1.82) is 0 Å². The molecule has 10 nitrogen and oxygen atoms in total. The van der Waals surface area contributed by atoms with Crippen molar-refractivity contribution in [2.24, 2.45) is 5.14 Å². The largest absolute Gasteiger partial charge is 0.573 e. The summed E-state index contributed by atoms with van der Waals surface area (Å²) in [5.41, 5.74) is 2.26. The van der Waals surface area contributed by atoms with Crippen LogP contribution < -0.4 is 25.4 Å². The number of halogens is 3. The third-order valence-electron chi connectivity index (χ3n) is 5.46. The van der Waals surface area contributed by atoms with E-state index in [0.717, 1.165) is 17.8 Å². The van der Waals surface area contributed by atoms with Crippen LogP contribution in [0, 0.1) is 0 Å². The molecule has 0 saturated heterocycles. The summed E-state index contributed by atoms with van der Waals surface area (Å²) >= 11 is 0. The van der Waals surface area contributed by atoms with E-state index in [1.54, 1.807) is 60.6 Å². The zero-order valence-electron chi connectivity index (χ0n) is 20.9. The Morgan fingerprint density at radius 3 is 2.35 bits per heavy atom. The Morgan fingerprint density at radius 2 is 1.70 bits per heavy atom. The molecule has 1 heterocycles. The lowest BCUT2D eigenvalue weighted by atomic mass is 10.1. The third-order valence-corrected chi connectivity index (χ3v) is 6.37. The Labute approximate surface area is 227 Å². The van der Waals surface area contributed by atoms with Gasteiger partial charge in [-0.1, -0.05) is 18.2 Å². The van der Waals surface area contributed by atoms with Crippen molar-refractivity contribution in [2.45, 2.75) is 17.7 Å². The normalized spacial score (nSPS) is 11.5. The van der Waals surface area contributed by atoms with Gasteiger partial charge in [0.2, 0.25) is 21.9 Å². The minimum atomic E-state index is -4.79. The minimum Gasteiger partial charge on any atom is -0.406 e. The summed E-state index contributed by atoms with van der Waals surface area (Å²) in [6.45, 7) is 0. The number of carbonyl (C=O) groups is 1. The monoisotopic (exact) mass is 572 g/mol. The fraction of sp³-hybridized carbons (Fsp3) is 0.115. The van der Waals surface area contributed by atoms with Crippen molar-refractivity contribution in [3.63, 3.8) is 0 Å². The average Bonchev–Trinajstić information content (AvgIpc) is 2.89. The van der Waals surface area contributed by atoms with E-state index in [1.807, 2.05) is 0 Å². The number of alkyl halides is 3. The summed E-state index contributed by atoms with van der Waals surface area (Å²) in [5.74, 6) is 0.0578. The van der Waals surface area contributed by atoms with Crippen LogP contribution in [0.2, 0.25) is 0 Å². The Hall–Kier alpha value is -4.69. The molecular formula is C26H23F3N6O4S. The summed E-state index contributed by atoms with van der Waals surface area (Å²) < 4.78 is 63.9. The molecule has 4 aromatic rings. The van der Waals surface area contributed by atoms with Crippen LogP contribution in [0.3, 0.4) is 0 Å². The molecule has 0 fully saturated rings. The highest BCUT2D eigenvalue weighted by molar-refractivity contribution is 7.89. The molecule has 3 aromatic carbocycles. The van der Waals surface area contributed by atoms with Gasteiger partial charge in [0.1, 0.15) is 11.6 Å². The molecule has 4 N–H and O–H groups in total. The molecule has 0 bridgehead atoms. The second-order valence-corrected chi connectivity index (χ2v) is 10.0. The third kappa shape index (κ3) is 7.91. The van der Waals surface area contributed by atoms with Gasteiger partial charge in [0.05, 0.1) is 11.3 Å². The molecule has 0 aliphatic rings. The maximum absolute atomic E-state index is 12.4. The zero-order chi connectivity index (χ0) is 28.9. The van der Waals surface area contributed by atoms with E-state index >= 15 is 0 Å². The van der Waals surface area contributed by atoms with Gasteiger partial charge in [-0.25, -0.2) is 18.5 Å². The summed E-state index contributed by atoms with van der Waals surface area (Å²) in [4.78, 5) is 22.8. The van der Waals surface area contributed by atoms with E-state index in [0.29, 0.717) is 22.8 Å². The number of primary sulfonamides is 1. The van der Waals surface area contributed by atoms with Crippen LogP contribution in [-0.4, -0.2) is 37.7 Å². The molecule has 14 heteroatoms. The average molecular weight is 573 g/mol. The molecule has 0 aliphatic carbocycles. The lowest BCUT2D eigenvalue weighted by Gasteiger charge is -2.19. The van der Waals surface area contributed by atoms with Crippen LogP contribution in [0.1, 0.15) is 5.56 Å². The molecule has 0 unspecified atom stereocenters.